The van der Waals surface area contributed by atoms with Crippen LogP contribution in [0.3, 0.4) is 0 Å². The molecule has 0 fully saturated rings. The second-order valence-corrected chi connectivity index (χ2v) is 4.62. The zero-order valence-electron chi connectivity index (χ0n) is 12.5. The summed E-state index contributed by atoms with van der Waals surface area (Å²) in [6.07, 6.45) is 5.15. The van der Waals surface area contributed by atoms with E-state index in [-0.39, 0.29) is 0 Å². The number of rotatable bonds is 7. The summed E-state index contributed by atoms with van der Waals surface area (Å²) in [7, 11) is 0. The average molecular weight is 287 g/mol. The maximum atomic E-state index is 6.09. The van der Waals surface area contributed by atoms with Gasteiger partial charge in [-0.2, -0.15) is 4.98 Å². The Labute approximate surface area is 124 Å². The third-order valence-corrected chi connectivity index (χ3v) is 2.93. The summed E-state index contributed by atoms with van der Waals surface area (Å²) in [5.41, 5.74) is 7.65. The van der Waals surface area contributed by atoms with Crippen LogP contribution in [0, 0.1) is 0 Å². The van der Waals surface area contributed by atoms with Crippen molar-refractivity contribution in [2.75, 3.05) is 17.7 Å². The molecule has 0 aliphatic carbocycles. The molecule has 2 aromatic heterocycles. The highest BCUT2D eigenvalue weighted by Crippen LogP contribution is 2.26. The lowest BCUT2D eigenvalue weighted by atomic mass is 10.2. The predicted molar refractivity (Wildman–Crippen MR) is 83.2 cm³/mol. The normalized spacial score (nSPS) is 10.4. The molecule has 0 saturated heterocycles. The fourth-order valence-electron chi connectivity index (χ4n) is 1.78. The molecule has 6 nitrogen and oxygen atoms in total. The van der Waals surface area contributed by atoms with Gasteiger partial charge in [0.25, 0.3) is 0 Å². The predicted octanol–water partition coefficient (Wildman–Crippen LogP) is 2.42. The Morgan fingerprint density at radius 3 is 2.62 bits per heavy atom. The van der Waals surface area contributed by atoms with Crippen molar-refractivity contribution in [1.82, 2.24) is 15.0 Å². The molecule has 21 heavy (non-hydrogen) atoms. The van der Waals surface area contributed by atoms with Crippen LogP contribution in [0.15, 0.2) is 24.5 Å². The Hall–Kier alpha value is -2.37. The van der Waals surface area contributed by atoms with E-state index < -0.39 is 0 Å². The van der Waals surface area contributed by atoms with Gasteiger partial charge in [0.15, 0.2) is 5.82 Å². The number of nitrogens with one attached hydrogen (secondary N) is 1. The van der Waals surface area contributed by atoms with Crippen molar-refractivity contribution < 1.29 is 4.74 Å². The summed E-state index contributed by atoms with van der Waals surface area (Å²) in [6, 6.07) is 3.89. The zero-order chi connectivity index (χ0) is 15.1. The Kier molecular flexibility index (Phi) is 5.31. The molecule has 2 aromatic rings. The average Bonchev–Trinajstić information content (AvgIpc) is 2.53. The fraction of sp³-hybridized carbons (Fsp3) is 0.400. The second-order valence-electron chi connectivity index (χ2n) is 4.62. The Morgan fingerprint density at radius 2 is 1.95 bits per heavy atom. The third kappa shape index (κ3) is 4.05. The quantitative estimate of drug-likeness (QED) is 0.813. The smallest absolute Gasteiger partial charge is 0.242 e. The molecular weight excluding hydrogens is 266 g/mol. The number of hydrogen-bond donors (Lipinski definition) is 2. The lowest BCUT2D eigenvalue weighted by Crippen LogP contribution is -2.11. The molecule has 0 radical (unpaired) electrons. The first-order valence-corrected chi connectivity index (χ1v) is 7.16. The van der Waals surface area contributed by atoms with E-state index in [4.69, 9.17) is 10.5 Å². The molecule has 3 N–H and O–H groups in total. The molecule has 0 aliphatic heterocycles. The van der Waals surface area contributed by atoms with Crippen molar-refractivity contribution in [3.63, 3.8) is 0 Å². The number of nitrogens with zero attached hydrogens (tertiary/aromatic N) is 3. The van der Waals surface area contributed by atoms with E-state index in [1.807, 2.05) is 26.0 Å². The first kappa shape index (κ1) is 15.0. The first-order valence-electron chi connectivity index (χ1n) is 7.16. The van der Waals surface area contributed by atoms with Gasteiger partial charge in [-0.25, -0.2) is 4.98 Å². The number of nitrogen functional groups attached to an aromatic ring is 1. The van der Waals surface area contributed by atoms with Gasteiger partial charge >= 0.3 is 0 Å². The molecule has 0 amide bonds. The van der Waals surface area contributed by atoms with Gasteiger partial charge in [-0.3, -0.25) is 4.98 Å². The number of nitrogens with two attached hydrogens (primary N) is 1. The largest absolute Gasteiger partial charge is 0.476 e. The molecular formula is C15H21N5O. The van der Waals surface area contributed by atoms with Crippen LogP contribution >= 0.6 is 0 Å². The van der Waals surface area contributed by atoms with Crippen LogP contribution in [0.1, 0.15) is 31.7 Å². The van der Waals surface area contributed by atoms with Crippen molar-refractivity contribution in [3.8, 4) is 5.88 Å². The fourth-order valence-corrected chi connectivity index (χ4v) is 1.78. The highest BCUT2D eigenvalue weighted by atomic mass is 16.5. The van der Waals surface area contributed by atoms with Crippen molar-refractivity contribution >= 4 is 11.5 Å². The minimum Gasteiger partial charge on any atom is -0.476 e. The van der Waals surface area contributed by atoms with Gasteiger partial charge in [-0.05, 0) is 24.1 Å². The molecule has 2 heterocycles. The monoisotopic (exact) mass is 287 g/mol. The van der Waals surface area contributed by atoms with Crippen LogP contribution < -0.4 is 15.8 Å². The van der Waals surface area contributed by atoms with Crippen LogP contribution in [-0.4, -0.2) is 21.6 Å². The summed E-state index contributed by atoms with van der Waals surface area (Å²) in [5, 5.41) is 3.24. The molecule has 0 aliphatic rings. The minimum absolute atomic E-state index is 0.453. The van der Waals surface area contributed by atoms with E-state index in [0.717, 1.165) is 18.4 Å². The molecule has 6 heteroatoms. The summed E-state index contributed by atoms with van der Waals surface area (Å²) in [6.45, 7) is 5.26. The van der Waals surface area contributed by atoms with Crippen molar-refractivity contribution in [2.45, 2.75) is 33.2 Å². The first-order chi connectivity index (χ1) is 10.2. The van der Waals surface area contributed by atoms with Crippen LogP contribution in [0.4, 0.5) is 11.5 Å². The third-order valence-electron chi connectivity index (χ3n) is 2.93. The van der Waals surface area contributed by atoms with Gasteiger partial charge in [0.05, 0.1) is 6.61 Å². The molecule has 0 aromatic carbocycles. The molecule has 0 atom stereocenters. The van der Waals surface area contributed by atoms with E-state index in [1.54, 1.807) is 12.4 Å². The Balaban J connectivity index is 2.17. The van der Waals surface area contributed by atoms with E-state index in [0.29, 0.717) is 36.4 Å². The van der Waals surface area contributed by atoms with Gasteiger partial charge in [-0.1, -0.05) is 13.8 Å². The van der Waals surface area contributed by atoms with Crippen LogP contribution in [0.5, 0.6) is 5.88 Å². The molecule has 2 rings (SSSR count). The number of aryl methyl sites for hydroxylation is 1. The molecule has 0 unspecified atom stereocenters. The van der Waals surface area contributed by atoms with E-state index in [9.17, 15) is 0 Å². The summed E-state index contributed by atoms with van der Waals surface area (Å²) < 4.78 is 5.60. The molecule has 0 spiro atoms. The van der Waals surface area contributed by atoms with E-state index in [1.165, 1.54) is 0 Å². The van der Waals surface area contributed by atoms with E-state index >= 15 is 0 Å². The van der Waals surface area contributed by atoms with E-state index in [2.05, 4.69) is 20.3 Å². The minimum atomic E-state index is 0.453. The lowest BCUT2D eigenvalue weighted by Gasteiger charge is -2.13. The van der Waals surface area contributed by atoms with Crippen LogP contribution in [0.25, 0.3) is 0 Å². The lowest BCUT2D eigenvalue weighted by molar-refractivity contribution is 0.305. The van der Waals surface area contributed by atoms with Gasteiger partial charge in [0, 0.05) is 25.4 Å². The number of ether oxygens (including phenoxy) is 1. The Bertz CT molecular complexity index is 574. The maximum absolute atomic E-state index is 6.09. The second kappa shape index (κ2) is 7.42. The highest BCUT2D eigenvalue weighted by molar-refractivity contribution is 5.67. The van der Waals surface area contributed by atoms with Crippen molar-refractivity contribution in [1.29, 1.82) is 0 Å². The topological polar surface area (TPSA) is 86.0 Å². The maximum Gasteiger partial charge on any atom is 0.242 e. The summed E-state index contributed by atoms with van der Waals surface area (Å²) in [5.74, 6) is 1.79. The van der Waals surface area contributed by atoms with Crippen molar-refractivity contribution in [3.05, 3.63) is 35.9 Å². The highest BCUT2D eigenvalue weighted by Gasteiger charge is 2.12. The Morgan fingerprint density at radius 1 is 1.19 bits per heavy atom. The van der Waals surface area contributed by atoms with Gasteiger partial charge in [0.2, 0.25) is 5.88 Å². The summed E-state index contributed by atoms with van der Waals surface area (Å²) in [4.78, 5) is 12.8. The number of aromatic nitrogens is 3. The van der Waals surface area contributed by atoms with Crippen LogP contribution in [0.2, 0.25) is 0 Å². The molecule has 112 valence electrons. The van der Waals surface area contributed by atoms with Gasteiger partial charge in [-0.15, -0.1) is 0 Å². The zero-order valence-corrected chi connectivity index (χ0v) is 12.5. The number of pyridine rings is 1. The van der Waals surface area contributed by atoms with Crippen LogP contribution in [-0.2, 0) is 13.0 Å². The SMILES string of the molecule is CCCOc1nc(CC)nc(NCc2ccncc2)c1N. The number of anilines is 2. The standard InChI is InChI=1S/C15H21N5O/c1-3-9-21-15-13(16)14(19-12(4-2)20-15)18-10-11-5-7-17-8-6-11/h5-8H,3-4,9-10,16H2,1-2H3,(H,18,19,20). The summed E-state index contributed by atoms with van der Waals surface area (Å²) >= 11 is 0. The number of hydrogen-bond acceptors (Lipinski definition) is 6. The van der Waals surface area contributed by atoms with Gasteiger partial charge in [0.1, 0.15) is 11.5 Å². The van der Waals surface area contributed by atoms with Gasteiger partial charge < -0.3 is 15.8 Å². The van der Waals surface area contributed by atoms with Crippen molar-refractivity contribution in [2.24, 2.45) is 0 Å². The molecule has 0 bridgehead atoms. The molecule has 0 saturated carbocycles.